The Balaban J connectivity index is 1.75. The Morgan fingerprint density at radius 2 is 1.62 bits per heavy atom. The molecule has 29 heavy (non-hydrogen) atoms. The SMILES string of the molecule is N#Cc1ccc(CS(=O)(=O)CC(=O)N=c2ccccn2Cc2ccccc2)cc1. The van der Waals surface area contributed by atoms with Crippen LogP contribution in [0.25, 0.3) is 0 Å². The van der Waals surface area contributed by atoms with Crippen molar-refractivity contribution in [3.8, 4) is 6.07 Å². The van der Waals surface area contributed by atoms with Crippen molar-refractivity contribution in [1.29, 1.82) is 5.26 Å². The minimum absolute atomic E-state index is 0.279. The quantitative estimate of drug-likeness (QED) is 0.630. The van der Waals surface area contributed by atoms with Crippen molar-refractivity contribution < 1.29 is 13.2 Å². The molecule has 0 saturated heterocycles. The number of pyridine rings is 1. The number of benzene rings is 2. The lowest BCUT2D eigenvalue weighted by atomic mass is 10.2. The van der Waals surface area contributed by atoms with Gasteiger partial charge in [0.25, 0.3) is 5.91 Å². The van der Waals surface area contributed by atoms with E-state index in [4.69, 9.17) is 5.26 Å². The van der Waals surface area contributed by atoms with Gasteiger partial charge >= 0.3 is 0 Å². The highest BCUT2D eigenvalue weighted by atomic mass is 32.2. The minimum Gasteiger partial charge on any atom is -0.328 e. The number of hydrogen-bond donors (Lipinski definition) is 0. The first-order valence-electron chi connectivity index (χ1n) is 8.92. The summed E-state index contributed by atoms with van der Waals surface area (Å²) in [5.41, 5.74) is 2.41. The molecule has 146 valence electrons. The molecule has 0 spiro atoms. The molecule has 7 heteroatoms. The van der Waals surface area contributed by atoms with Crippen LogP contribution in [0.3, 0.4) is 0 Å². The first-order valence-corrected chi connectivity index (χ1v) is 10.7. The third kappa shape index (κ3) is 5.99. The molecule has 0 atom stereocenters. The Hall–Kier alpha value is -3.50. The lowest BCUT2D eigenvalue weighted by Gasteiger charge is -2.07. The molecule has 0 fully saturated rings. The van der Waals surface area contributed by atoms with Gasteiger partial charge in [-0.2, -0.15) is 10.3 Å². The maximum atomic E-state index is 12.4. The van der Waals surface area contributed by atoms with Gasteiger partial charge in [-0.25, -0.2) is 8.42 Å². The molecule has 3 rings (SSSR count). The summed E-state index contributed by atoms with van der Waals surface area (Å²) in [6.45, 7) is 0.520. The van der Waals surface area contributed by atoms with Crippen molar-refractivity contribution >= 4 is 15.7 Å². The highest BCUT2D eigenvalue weighted by Crippen LogP contribution is 2.09. The fourth-order valence-electron chi connectivity index (χ4n) is 2.81. The molecule has 0 aliphatic heterocycles. The third-order valence-electron chi connectivity index (χ3n) is 4.16. The molecule has 1 heterocycles. The van der Waals surface area contributed by atoms with Crippen LogP contribution >= 0.6 is 0 Å². The summed E-state index contributed by atoms with van der Waals surface area (Å²) in [5.74, 6) is -1.67. The molecule has 0 unspecified atom stereocenters. The van der Waals surface area contributed by atoms with Crippen LogP contribution in [-0.4, -0.2) is 24.6 Å². The molecular weight excluding hydrogens is 386 g/mol. The van der Waals surface area contributed by atoms with Gasteiger partial charge in [0.05, 0.1) is 17.4 Å². The second kappa shape index (κ2) is 9.13. The van der Waals surface area contributed by atoms with E-state index in [1.54, 1.807) is 47.2 Å². The van der Waals surface area contributed by atoms with E-state index in [0.29, 0.717) is 23.2 Å². The zero-order chi connectivity index (χ0) is 20.7. The maximum absolute atomic E-state index is 12.4. The van der Waals surface area contributed by atoms with Gasteiger partial charge in [0.1, 0.15) is 11.2 Å². The van der Waals surface area contributed by atoms with Crippen molar-refractivity contribution in [2.75, 3.05) is 5.75 Å². The number of carbonyl (C=O) groups is 1. The number of nitrogens with zero attached hydrogens (tertiary/aromatic N) is 3. The molecule has 2 aromatic carbocycles. The molecule has 0 aliphatic carbocycles. The number of rotatable bonds is 6. The summed E-state index contributed by atoms with van der Waals surface area (Å²) in [6.07, 6.45) is 1.80. The maximum Gasteiger partial charge on any atom is 0.262 e. The molecule has 0 bridgehead atoms. The van der Waals surface area contributed by atoms with Gasteiger partial charge in [0.15, 0.2) is 9.84 Å². The summed E-state index contributed by atoms with van der Waals surface area (Å²) in [4.78, 5) is 16.3. The first-order chi connectivity index (χ1) is 13.9. The van der Waals surface area contributed by atoms with Crippen LogP contribution in [0.5, 0.6) is 0 Å². The number of carbonyl (C=O) groups excluding carboxylic acids is 1. The normalized spacial score (nSPS) is 11.8. The number of aromatic nitrogens is 1. The summed E-state index contributed by atoms with van der Waals surface area (Å²) >= 11 is 0. The predicted molar refractivity (Wildman–Crippen MR) is 109 cm³/mol. The van der Waals surface area contributed by atoms with E-state index >= 15 is 0 Å². The number of nitriles is 1. The van der Waals surface area contributed by atoms with Crippen molar-refractivity contribution in [3.05, 3.63) is 101 Å². The van der Waals surface area contributed by atoms with Crippen molar-refractivity contribution in [2.24, 2.45) is 4.99 Å². The van der Waals surface area contributed by atoms with Crippen LogP contribution in [0.15, 0.2) is 84.0 Å². The van der Waals surface area contributed by atoms with Crippen LogP contribution in [0.4, 0.5) is 0 Å². The number of sulfone groups is 1. The van der Waals surface area contributed by atoms with E-state index in [2.05, 4.69) is 4.99 Å². The average Bonchev–Trinajstić information content (AvgIpc) is 2.70. The Bertz CT molecular complexity index is 1210. The van der Waals surface area contributed by atoms with Gasteiger partial charge in [-0.15, -0.1) is 0 Å². The summed E-state index contributed by atoms with van der Waals surface area (Å²) in [7, 11) is -3.68. The molecule has 0 saturated carbocycles. The fraction of sp³-hybridized carbons (Fsp3) is 0.136. The van der Waals surface area contributed by atoms with Gasteiger partial charge in [-0.1, -0.05) is 48.5 Å². The molecule has 0 aliphatic rings. The van der Waals surface area contributed by atoms with Crippen LogP contribution in [0.1, 0.15) is 16.7 Å². The number of hydrogen-bond acceptors (Lipinski definition) is 4. The van der Waals surface area contributed by atoms with Crippen LogP contribution in [-0.2, 0) is 26.9 Å². The molecule has 0 N–H and O–H groups in total. The van der Waals surface area contributed by atoms with Crippen LogP contribution < -0.4 is 5.49 Å². The van der Waals surface area contributed by atoms with E-state index in [1.807, 2.05) is 42.5 Å². The van der Waals surface area contributed by atoms with E-state index in [9.17, 15) is 13.2 Å². The Morgan fingerprint density at radius 1 is 0.931 bits per heavy atom. The molecule has 1 amide bonds. The lowest BCUT2D eigenvalue weighted by molar-refractivity contribution is -0.115. The van der Waals surface area contributed by atoms with Crippen LogP contribution in [0, 0.1) is 11.3 Å². The summed E-state index contributed by atoms with van der Waals surface area (Å²) in [5, 5.41) is 8.81. The van der Waals surface area contributed by atoms with Crippen LogP contribution in [0.2, 0.25) is 0 Å². The monoisotopic (exact) mass is 405 g/mol. The fourth-order valence-corrected chi connectivity index (χ4v) is 4.05. The van der Waals surface area contributed by atoms with E-state index in [1.165, 1.54) is 0 Å². The summed E-state index contributed by atoms with van der Waals surface area (Å²) in [6, 6.07) is 23.2. The van der Waals surface area contributed by atoms with Gasteiger partial charge in [-0.3, -0.25) is 4.79 Å². The highest BCUT2D eigenvalue weighted by molar-refractivity contribution is 7.91. The second-order valence-corrected chi connectivity index (χ2v) is 8.58. The third-order valence-corrected chi connectivity index (χ3v) is 5.62. The molecule has 0 radical (unpaired) electrons. The Morgan fingerprint density at radius 3 is 2.31 bits per heavy atom. The standard InChI is InChI=1S/C22H19N3O3S/c23-14-18-9-11-20(12-10-18)16-29(27,28)17-22(26)24-21-8-4-5-13-25(21)15-19-6-2-1-3-7-19/h1-13H,15-17H2. The van der Waals surface area contributed by atoms with Crippen molar-refractivity contribution in [2.45, 2.75) is 12.3 Å². The zero-order valence-corrected chi connectivity index (χ0v) is 16.4. The van der Waals surface area contributed by atoms with Crippen molar-refractivity contribution in [1.82, 2.24) is 4.57 Å². The van der Waals surface area contributed by atoms with Crippen molar-refractivity contribution in [3.63, 3.8) is 0 Å². The molecule has 6 nitrogen and oxygen atoms in total. The minimum atomic E-state index is -3.68. The predicted octanol–water partition coefficient (Wildman–Crippen LogP) is 2.45. The number of amides is 1. The van der Waals surface area contributed by atoms with Gasteiger partial charge in [0.2, 0.25) is 0 Å². The van der Waals surface area contributed by atoms with Gasteiger partial charge in [0, 0.05) is 12.7 Å². The van der Waals surface area contributed by atoms with Gasteiger partial charge in [-0.05, 0) is 35.4 Å². The van der Waals surface area contributed by atoms with E-state index in [0.717, 1.165) is 5.56 Å². The average molecular weight is 405 g/mol. The second-order valence-electron chi connectivity index (χ2n) is 6.52. The lowest BCUT2D eigenvalue weighted by Crippen LogP contribution is -2.24. The topological polar surface area (TPSA) is 92.3 Å². The smallest absolute Gasteiger partial charge is 0.262 e. The zero-order valence-electron chi connectivity index (χ0n) is 15.6. The highest BCUT2D eigenvalue weighted by Gasteiger charge is 2.17. The summed E-state index contributed by atoms with van der Waals surface area (Å²) < 4.78 is 26.5. The Labute approximate surface area is 169 Å². The molecule has 3 aromatic rings. The van der Waals surface area contributed by atoms with E-state index in [-0.39, 0.29) is 5.75 Å². The first kappa shape index (κ1) is 20.2. The Kier molecular flexibility index (Phi) is 6.37. The van der Waals surface area contributed by atoms with E-state index < -0.39 is 21.5 Å². The molecule has 1 aromatic heterocycles. The largest absolute Gasteiger partial charge is 0.328 e. The molecular formula is C22H19N3O3S. The van der Waals surface area contributed by atoms with Gasteiger partial charge < -0.3 is 4.57 Å².